The summed E-state index contributed by atoms with van der Waals surface area (Å²) in [6.07, 6.45) is 0. The summed E-state index contributed by atoms with van der Waals surface area (Å²) in [5, 5.41) is 0. The Labute approximate surface area is 148 Å². The third kappa shape index (κ3) is 3.71. The number of hydrogen-bond donors (Lipinski definition) is 0. The van der Waals surface area contributed by atoms with Gasteiger partial charge in [0, 0.05) is 43.0 Å². The molecule has 0 N–H and O–H groups in total. The van der Waals surface area contributed by atoms with Gasteiger partial charge in [-0.25, -0.2) is 0 Å². The van der Waals surface area contributed by atoms with Crippen LogP contribution in [0.25, 0.3) is 0 Å². The van der Waals surface area contributed by atoms with E-state index in [0.29, 0.717) is 23.6 Å². The van der Waals surface area contributed by atoms with E-state index < -0.39 is 0 Å². The average molecular weight is 340 g/mol. The van der Waals surface area contributed by atoms with Gasteiger partial charge in [-0.1, -0.05) is 18.2 Å². The van der Waals surface area contributed by atoms with Crippen molar-refractivity contribution < 1.29 is 14.3 Å². The molecule has 1 unspecified atom stereocenters. The molecule has 1 amide bonds. The Morgan fingerprint density at radius 3 is 2.20 bits per heavy atom. The molecule has 1 atom stereocenters. The van der Waals surface area contributed by atoms with E-state index in [9.17, 15) is 4.79 Å². The number of anilines is 1. The quantitative estimate of drug-likeness (QED) is 0.858. The van der Waals surface area contributed by atoms with Gasteiger partial charge in [-0.15, -0.1) is 0 Å². The molecule has 5 nitrogen and oxygen atoms in total. The second-order valence-electron chi connectivity index (χ2n) is 6.23. The smallest absolute Gasteiger partial charge is 0.254 e. The van der Waals surface area contributed by atoms with Crippen LogP contribution < -0.4 is 14.4 Å². The van der Waals surface area contributed by atoms with Crippen LogP contribution in [0.3, 0.4) is 0 Å². The Balaban J connectivity index is 1.76. The van der Waals surface area contributed by atoms with E-state index in [4.69, 9.17) is 9.47 Å². The lowest BCUT2D eigenvalue weighted by molar-refractivity contribution is 0.0673. The molecule has 2 aromatic carbocycles. The maximum atomic E-state index is 13.0. The fourth-order valence-corrected chi connectivity index (χ4v) is 3.23. The zero-order chi connectivity index (χ0) is 17.8. The van der Waals surface area contributed by atoms with Gasteiger partial charge in [-0.2, -0.15) is 0 Å². The van der Waals surface area contributed by atoms with Gasteiger partial charge in [-0.05, 0) is 31.2 Å². The maximum absolute atomic E-state index is 13.0. The molecule has 1 aliphatic rings. The van der Waals surface area contributed by atoms with Gasteiger partial charge in [0.05, 0.1) is 14.2 Å². The van der Waals surface area contributed by atoms with E-state index in [2.05, 4.69) is 24.0 Å². The molecule has 1 fully saturated rings. The first kappa shape index (κ1) is 17.1. The SMILES string of the molecule is COc1cc(OC)cc(C(=O)N2CCN(c3ccccc3)CC2C)c1. The molecular weight excluding hydrogens is 316 g/mol. The molecule has 2 aromatic rings. The summed E-state index contributed by atoms with van der Waals surface area (Å²) < 4.78 is 10.6. The molecule has 0 bridgehead atoms. The molecule has 0 aliphatic carbocycles. The van der Waals surface area contributed by atoms with Crippen LogP contribution >= 0.6 is 0 Å². The molecular formula is C20H24N2O3. The Morgan fingerprint density at radius 2 is 1.64 bits per heavy atom. The number of piperazine rings is 1. The van der Waals surface area contributed by atoms with Crippen molar-refractivity contribution in [2.75, 3.05) is 38.8 Å². The Bertz CT molecular complexity index is 711. The van der Waals surface area contributed by atoms with Crippen LogP contribution in [0.15, 0.2) is 48.5 Å². The summed E-state index contributed by atoms with van der Waals surface area (Å²) >= 11 is 0. The topological polar surface area (TPSA) is 42.0 Å². The molecule has 5 heteroatoms. The highest BCUT2D eigenvalue weighted by molar-refractivity contribution is 5.95. The number of para-hydroxylation sites is 1. The first-order valence-electron chi connectivity index (χ1n) is 8.46. The molecule has 3 rings (SSSR count). The number of benzene rings is 2. The highest BCUT2D eigenvalue weighted by Crippen LogP contribution is 2.25. The van der Waals surface area contributed by atoms with E-state index in [0.717, 1.165) is 13.1 Å². The number of hydrogen-bond acceptors (Lipinski definition) is 4. The number of carbonyl (C=O) groups is 1. The van der Waals surface area contributed by atoms with Crippen LogP contribution in [0.2, 0.25) is 0 Å². The van der Waals surface area contributed by atoms with E-state index in [1.165, 1.54) is 5.69 Å². The third-order valence-electron chi connectivity index (χ3n) is 4.61. The van der Waals surface area contributed by atoms with Crippen molar-refractivity contribution >= 4 is 11.6 Å². The Kier molecular flexibility index (Phi) is 5.12. The lowest BCUT2D eigenvalue weighted by atomic mass is 10.1. The van der Waals surface area contributed by atoms with Crippen LogP contribution in [-0.2, 0) is 0 Å². The van der Waals surface area contributed by atoms with Crippen LogP contribution in [-0.4, -0.2) is 50.7 Å². The highest BCUT2D eigenvalue weighted by atomic mass is 16.5. The number of nitrogens with zero attached hydrogens (tertiary/aromatic N) is 2. The lowest BCUT2D eigenvalue weighted by Gasteiger charge is -2.41. The molecule has 0 aromatic heterocycles. The van der Waals surface area contributed by atoms with Gasteiger partial charge in [0.25, 0.3) is 5.91 Å². The predicted molar refractivity (Wildman–Crippen MR) is 98.7 cm³/mol. The van der Waals surface area contributed by atoms with Gasteiger partial charge >= 0.3 is 0 Å². The van der Waals surface area contributed by atoms with Crippen LogP contribution in [0.1, 0.15) is 17.3 Å². The largest absolute Gasteiger partial charge is 0.497 e. The minimum atomic E-state index is 0.0115. The number of amides is 1. The van der Waals surface area contributed by atoms with Crippen molar-refractivity contribution in [3.05, 3.63) is 54.1 Å². The fourth-order valence-electron chi connectivity index (χ4n) is 3.23. The Hall–Kier alpha value is -2.69. The van der Waals surface area contributed by atoms with Gasteiger partial charge in [-0.3, -0.25) is 4.79 Å². The molecule has 0 saturated carbocycles. The minimum Gasteiger partial charge on any atom is -0.497 e. The van der Waals surface area contributed by atoms with Crippen molar-refractivity contribution in [3.63, 3.8) is 0 Å². The van der Waals surface area contributed by atoms with E-state index >= 15 is 0 Å². The van der Waals surface area contributed by atoms with E-state index in [1.807, 2.05) is 23.1 Å². The first-order valence-corrected chi connectivity index (χ1v) is 8.46. The normalized spacial score (nSPS) is 17.3. The van der Waals surface area contributed by atoms with Crippen molar-refractivity contribution in [1.82, 2.24) is 4.90 Å². The molecule has 0 radical (unpaired) electrons. The first-order chi connectivity index (χ1) is 12.1. The third-order valence-corrected chi connectivity index (χ3v) is 4.61. The molecule has 132 valence electrons. The number of carbonyl (C=O) groups excluding carboxylic acids is 1. The molecule has 25 heavy (non-hydrogen) atoms. The summed E-state index contributed by atoms with van der Waals surface area (Å²) in [5.74, 6) is 1.26. The van der Waals surface area contributed by atoms with Crippen molar-refractivity contribution in [1.29, 1.82) is 0 Å². The predicted octanol–water partition coefficient (Wildman–Crippen LogP) is 3.05. The minimum absolute atomic E-state index is 0.0115. The molecule has 1 aliphatic heterocycles. The average Bonchev–Trinajstić information content (AvgIpc) is 2.67. The summed E-state index contributed by atoms with van der Waals surface area (Å²) in [6.45, 7) is 4.41. The van der Waals surface area contributed by atoms with Crippen molar-refractivity contribution in [2.45, 2.75) is 13.0 Å². The van der Waals surface area contributed by atoms with Gasteiger partial charge < -0.3 is 19.3 Å². The molecule has 1 heterocycles. The fraction of sp³-hybridized carbons (Fsp3) is 0.350. The second kappa shape index (κ2) is 7.47. The van der Waals surface area contributed by atoms with Crippen LogP contribution in [0.5, 0.6) is 11.5 Å². The van der Waals surface area contributed by atoms with E-state index in [1.54, 1.807) is 32.4 Å². The number of methoxy groups -OCH3 is 2. The summed E-state index contributed by atoms with van der Waals surface area (Å²) in [6, 6.07) is 15.7. The molecule has 0 spiro atoms. The van der Waals surface area contributed by atoms with Crippen molar-refractivity contribution in [2.24, 2.45) is 0 Å². The number of ether oxygens (including phenoxy) is 2. The molecule has 1 saturated heterocycles. The highest BCUT2D eigenvalue weighted by Gasteiger charge is 2.28. The van der Waals surface area contributed by atoms with Gasteiger partial charge in [0.1, 0.15) is 11.5 Å². The monoisotopic (exact) mass is 340 g/mol. The van der Waals surface area contributed by atoms with Crippen LogP contribution in [0, 0.1) is 0 Å². The van der Waals surface area contributed by atoms with E-state index in [-0.39, 0.29) is 11.9 Å². The standard InChI is InChI=1S/C20H24N2O3/c1-15-14-21(17-7-5-4-6-8-17)9-10-22(15)20(23)16-11-18(24-2)13-19(12-16)25-3/h4-8,11-13,15H,9-10,14H2,1-3H3. The number of rotatable bonds is 4. The Morgan fingerprint density at radius 1 is 1.00 bits per heavy atom. The summed E-state index contributed by atoms with van der Waals surface area (Å²) in [5.41, 5.74) is 1.79. The summed E-state index contributed by atoms with van der Waals surface area (Å²) in [7, 11) is 3.18. The zero-order valence-corrected chi connectivity index (χ0v) is 14.9. The van der Waals surface area contributed by atoms with Crippen LogP contribution in [0.4, 0.5) is 5.69 Å². The van der Waals surface area contributed by atoms with Crippen molar-refractivity contribution in [3.8, 4) is 11.5 Å². The summed E-state index contributed by atoms with van der Waals surface area (Å²) in [4.78, 5) is 17.2. The lowest BCUT2D eigenvalue weighted by Crippen LogP contribution is -2.54. The van der Waals surface area contributed by atoms with Gasteiger partial charge in [0.15, 0.2) is 0 Å². The second-order valence-corrected chi connectivity index (χ2v) is 6.23. The maximum Gasteiger partial charge on any atom is 0.254 e. The van der Waals surface area contributed by atoms with Gasteiger partial charge in [0.2, 0.25) is 0 Å². The zero-order valence-electron chi connectivity index (χ0n) is 14.9.